The lowest BCUT2D eigenvalue weighted by molar-refractivity contribution is 0.373. The van der Waals surface area contributed by atoms with Crippen LogP contribution in [0.3, 0.4) is 0 Å². The first-order valence-electron chi connectivity index (χ1n) is 5.92. The summed E-state index contributed by atoms with van der Waals surface area (Å²) in [7, 11) is 1.47. The van der Waals surface area contributed by atoms with Gasteiger partial charge in [0.1, 0.15) is 6.04 Å². The van der Waals surface area contributed by atoms with Gasteiger partial charge in [-0.05, 0) is 35.9 Å². The highest BCUT2D eigenvalue weighted by Gasteiger charge is 2.13. The summed E-state index contributed by atoms with van der Waals surface area (Å²) >= 11 is 5.90. The minimum Gasteiger partial charge on any atom is -0.504 e. The number of nitriles is 1. The van der Waals surface area contributed by atoms with Crippen LogP contribution in [0.25, 0.3) is 0 Å². The number of aromatic hydroxyl groups is 1. The van der Waals surface area contributed by atoms with Crippen LogP contribution in [0.5, 0.6) is 11.5 Å². The van der Waals surface area contributed by atoms with Crippen molar-refractivity contribution in [2.75, 3.05) is 12.4 Å². The summed E-state index contributed by atoms with van der Waals surface area (Å²) < 4.78 is 4.98. The van der Waals surface area contributed by atoms with Gasteiger partial charge in [-0.1, -0.05) is 23.7 Å². The smallest absolute Gasteiger partial charge is 0.160 e. The normalized spacial score (nSPS) is 11.4. The largest absolute Gasteiger partial charge is 0.504 e. The quantitative estimate of drug-likeness (QED) is 0.899. The number of hydrogen-bond acceptors (Lipinski definition) is 4. The molecule has 0 aliphatic heterocycles. The molecule has 102 valence electrons. The molecule has 0 fully saturated rings. The number of phenols is 1. The van der Waals surface area contributed by atoms with Gasteiger partial charge in [-0.3, -0.25) is 0 Å². The molecule has 0 heterocycles. The van der Waals surface area contributed by atoms with Crippen molar-refractivity contribution in [1.82, 2.24) is 0 Å². The van der Waals surface area contributed by atoms with Gasteiger partial charge < -0.3 is 15.2 Å². The highest BCUT2D eigenvalue weighted by Crippen LogP contribution is 2.30. The molecule has 0 aliphatic carbocycles. The first kappa shape index (κ1) is 14.0. The van der Waals surface area contributed by atoms with E-state index >= 15 is 0 Å². The summed E-state index contributed by atoms with van der Waals surface area (Å²) in [6, 6.07) is 13.5. The number of halogens is 1. The summed E-state index contributed by atoms with van der Waals surface area (Å²) in [5.41, 5.74) is 1.38. The minimum atomic E-state index is -0.592. The third-order valence-corrected chi connectivity index (χ3v) is 3.04. The summed E-state index contributed by atoms with van der Waals surface area (Å²) in [6.07, 6.45) is 0. The van der Waals surface area contributed by atoms with E-state index in [-0.39, 0.29) is 5.75 Å². The van der Waals surface area contributed by atoms with Gasteiger partial charge >= 0.3 is 0 Å². The monoisotopic (exact) mass is 288 g/mol. The van der Waals surface area contributed by atoms with Crippen LogP contribution in [0, 0.1) is 11.3 Å². The van der Waals surface area contributed by atoms with Crippen molar-refractivity contribution in [3.8, 4) is 17.6 Å². The molecule has 0 saturated heterocycles. The molecule has 0 spiro atoms. The van der Waals surface area contributed by atoms with Gasteiger partial charge in [0.2, 0.25) is 0 Å². The van der Waals surface area contributed by atoms with Crippen molar-refractivity contribution < 1.29 is 9.84 Å². The fourth-order valence-electron chi connectivity index (χ4n) is 1.82. The van der Waals surface area contributed by atoms with Gasteiger partial charge in [0, 0.05) is 10.7 Å². The maximum Gasteiger partial charge on any atom is 0.160 e. The van der Waals surface area contributed by atoms with Crippen molar-refractivity contribution in [3.63, 3.8) is 0 Å². The highest BCUT2D eigenvalue weighted by molar-refractivity contribution is 6.30. The van der Waals surface area contributed by atoms with Gasteiger partial charge in [0.15, 0.2) is 11.5 Å². The Balaban J connectivity index is 2.25. The number of nitrogens with one attached hydrogen (secondary N) is 1. The standard InChI is InChI=1S/C15H13ClN2O2/c1-20-15-6-5-10(7-14(15)19)13(9-17)18-12-4-2-3-11(16)8-12/h2-8,13,18-19H,1H3. The lowest BCUT2D eigenvalue weighted by Gasteiger charge is -2.14. The Hall–Kier alpha value is -2.38. The van der Waals surface area contributed by atoms with E-state index in [1.165, 1.54) is 13.2 Å². The minimum absolute atomic E-state index is 0.00172. The van der Waals surface area contributed by atoms with E-state index in [9.17, 15) is 10.4 Å². The zero-order chi connectivity index (χ0) is 14.5. The number of phenolic OH excluding ortho intramolecular Hbond substituents is 1. The molecule has 4 nitrogen and oxygen atoms in total. The van der Waals surface area contributed by atoms with Gasteiger partial charge in [-0.25, -0.2) is 0 Å². The van der Waals surface area contributed by atoms with Gasteiger partial charge in [0.25, 0.3) is 0 Å². The second-order valence-corrected chi connectivity index (χ2v) is 4.58. The maximum atomic E-state index is 9.76. The van der Waals surface area contributed by atoms with E-state index in [0.717, 1.165) is 5.69 Å². The molecule has 0 amide bonds. The van der Waals surface area contributed by atoms with E-state index in [0.29, 0.717) is 16.3 Å². The molecule has 0 saturated carbocycles. The predicted molar refractivity (Wildman–Crippen MR) is 78.1 cm³/mol. The zero-order valence-corrected chi connectivity index (χ0v) is 11.6. The Labute approximate surface area is 122 Å². The van der Waals surface area contributed by atoms with E-state index in [2.05, 4.69) is 11.4 Å². The second-order valence-electron chi connectivity index (χ2n) is 4.15. The third-order valence-electron chi connectivity index (χ3n) is 2.80. The fourth-order valence-corrected chi connectivity index (χ4v) is 2.01. The van der Waals surface area contributed by atoms with Crippen molar-refractivity contribution in [2.24, 2.45) is 0 Å². The first-order chi connectivity index (χ1) is 9.63. The molecule has 5 heteroatoms. The Kier molecular flexibility index (Phi) is 4.34. The average molecular weight is 289 g/mol. The van der Waals surface area contributed by atoms with Crippen molar-refractivity contribution >= 4 is 17.3 Å². The van der Waals surface area contributed by atoms with Gasteiger partial charge in [0.05, 0.1) is 13.2 Å². The molecule has 0 radical (unpaired) electrons. The number of benzene rings is 2. The Bertz CT molecular complexity index is 653. The van der Waals surface area contributed by atoms with E-state index in [1.54, 1.807) is 30.3 Å². The number of hydrogen-bond donors (Lipinski definition) is 2. The highest BCUT2D eigenvalue weighted by atomic mass is 35.5. The van der Waals surface area contributed by atoms with E-state index in [4.69, 9.17) is 16.3 Å². The van der Waals surface area contributed by atoms with Crippen LogP contribution in [-0.4, -0.2) is 12.2 Å². The van der Waals surface area contributed by atoms with Crippen LogP contribution in [0.2, 0.25) is 5.02 Å². The number of anilines is 1. The Morgan fingerprint density at radius 2 is 2.10 bits per heavy atom. The lowest BCUT2D eigenvalue weighted by atomic mass is 10.1. The number of rotatable bonds is 4. The summed E-state index contributed by atoms with van der Waals surface area (Å²) in [6.45, 7) is 0. The van der Waals surface area contributed by atoms with Crippen LogP contribution in [0.4, 0.5) is 5.69 Å². The molecule has 20 heavy (non-hydrogen) atoms. The third kappa shape index (κ3) is 3.14. The van der Waals surface area contributed by atoms with Crippen molar-refractivity contribution in [3.05, 3.63) is 53.1 Å². The van der Waals surface area contributed by atoms with Crippen molar-refractivity contribution in [2.45, 2.75) is 6.04 Å². The average Bonchev–Trinajstić information content (AvgIpc) is 2.44. The fraction of sp³-hybridized carbons (Fsp3) is 0.133. The molecular weight excluding hydrogens is 276 g/mol. The maximum absolute atomic E-state index is 9.76. The summed E-state index contributed by atoms with van der Waals surface area (Å²) in [4.78, 5) is 0. The molecular formula is C15H13ClN2O2. The van der Waals surface area contributed by atoms with Crippen molar-refractivity contribution in [1.29, 1.82) is 5.26 Å². The SMILES string of the molecule is COc1ccc(C(C#N)Nc2cccc(Cl)c2)cc1O. The molecule has 0 aliphatic rings. The van der Waals surface area contributed by atoms with Crippen LogP contribution < -0.4 is 10.1 Å². The van der Waals surface area contributed by atoms with Crippen LogP contribution >= 0.6 is 11.6 Å². The molecule has 1 unspecified atom stereocenters. The van der Waals surface area contributed by atoms with E-state index in [1.807, 2.05) is 6.07 Å². The lowest BCUT2D eigenvalue weighted by Crippen LogP contribution is -2.08. The molecule has 0 aromatic heterocycles. The van der Waals surface area contributed by atoms with Crippen LogP contribution in [0.1, 0.15) is 11.6 Å². The predicted octanol–water partition coefficient (Wildman–Crippen LogP) is 3.73. The summed E-state index contributed by atoms with van der Waals surface area (Å²) in [5, 5.41) is 22.7. The molecule has 0 bridgehead atoms. The van der Waals surface area contributed by atoms with Gasteiger partial charge in [-0.2, -0.15) is 5.26 Å². The topological polar surface area (TPSA) is 65.3 Å². The number of ether oxygens (including phenoxy) is 1. The first-order valence-corrected chi connectivity index (χ1v) is 6.30. The molecule has 2 aromatic rings. The summed E-state index contributed by atoms with van der Waals surface area (Å²) in [5.74, 6) is 0.367. The van der Waals surface area contributed by atoms with E-state index < -0.39 is 6.04 Å². The van der Waals surface area contributed by atoms with Crippen LogP contribution in [0.15, 0.2) is 42.5 Å². The van der Waals surface area contributed by atoms with Gasteiger partial charge in [-0.15, -0.1) is 0 Å². The molecule has 2 aromatic carbocycles. The zero-order valence-electron chi connectivity index (χ0n) is 10.8. The molecule has 2 N–H and O–H groups in total. The Morgan fingerprint density at radius 1 is 1.30 bits per heavy atom. The number of nitrogens with zero attached hydrogens (tertiary/aromatic N) is 1. The molecule has 2 rings (SSSR count). The van der Waals surface area contributed by atoms with Crippen LogP contribution in [-0.2, 0) is 0 Å². The molecule has 1 atom stereocenters. The second kappa shape index (κ2) is 6.18. The number of methoxy groups -OCH3 is 1. The Morgan fingerprint density at radius 3 is 2.70 bits per heavy atom.